The van der Waals surface area contributed by atoms with E-state index < -0.39 is 23.8 Å². The van der Waals surface area contributed by atoms with Crippen molar-refractivity contribution in [2.45, 2.75) is 38.3 Å². The fourth-order valence-electron chi connectivity index (χ4n) is 3.37. The van der Waals surface area contributed by atoms with Crippen LogP contribution < -0.4 is 0 Å². The first-order valence-corrected chi connectivity index (χ1v) is 9.72. The Labute approximate surface area is 174 Å². The van der Waals surface area contributed by atoms with Gasteiger partial charge in [-0.15, -0.1) is 0 Å². The molecule has 2 aromatic rings. The van der Waals surface area contributed by atoms with Crippen molar-refractivity contribution in [1.29, 1.82) is 0 Å². The summed E-state index contributed by atoms with van der Waals surface area (Å²) in [5.41, 5.74) is -0.825. The van der Waals surface area contributed by atoms with Crippen molar-refractivity contribution in [3.05, 3.63) is 71.8 Å². The van der Waals surface area contributed by atoms with Crippen LogP contribution in [0.4, 0.5) is 0 Å². The molecule has 4 atom stereocenters. The van der Waals surface area contributed by atoms with Crippen molar-refractivity contribution in [3.8, 4) is 11.3 Å². The Bertz CT molecular complexity index is 919. The van der Waals surface area contributed by atoms with Crippen LogP contribution in [0.3, 0.4) is 0 Å². The maximum atomic E-state index is 12.8. The number of carbonyl (C=O) groups excluding carboxylic acids is 2. The SMILES string of the molecule is CC[C@H]1OC(OC(=O)c2ccccc2)[C@](C#CCl)(OC(=O)c2ccccc2)[C@@H]1C. The number of esters is 2. The van der Waals surface area contributed by atoms with Gasteiger partial charge < -0.3 is 14.2 Å². The number of hydrogen-bond donors (Lipinski definition) is 0. The van der Waals surface area contributed by atoms with Gasteiger partial charge in [0.25, 0.3) is 6.29 Å². The van der Waals surface area contributed by atoms with Gasteiger partial charge >= 0.3 is 11.9 Å². The fraction of sp³-hybridized carbons (Fsp3) is 0.304. The quantitative estimate of drug-likeness (QED) is 0.537. The average Bonchev–Trinajstić information content (AvgIpc) is 3.00. The Kier molecular flexibility index (Phi) is 6.58. The Balaban J connectivity index is 1.94. The van der Waals surface area contributed by atoms with Crippen molar-refractivity contribution in [3.63, 3.8) is 0 Å². The summed E-state index contributed by atoms with van der Waals surface area (Å²) < 4.78 is 17.4. The lowest BCUT2D eigenvalue weighted by atomic mass is 9.86. The summed E-state index contributed by atoms with van der Waals surface area (Å²) in [7, 11) is 0. The molecule has 0 spiro atoms. The molecule has 1 fully saturated rings. The van der Waals surface area contributed by atoms with Crippen molar-refractivity contribution >= 4 is 23.5 Å². The Morgan fingerprint density at radius 1 is 1.03 bits per heavy atom. The molecule has 1 unspecified atom stereocenters. The molecule has 3 rings (SSSR count). The largest absolute Gasteiger partial charge is 0.435 e. The monoisotopic (exact) mass is 412 g/mol. The van der Waals surface area contributed by atoms with Gasteiger partial charge in [-0.1, -0.05) is 50.2 Å². The van der Waals surface area contributed by atoms with Crippen molar-refractivity contribution in [2.24, 2.45) is 5.92 Å². The van der Waals surface area contributed by atoms with Crippen LogP contribution >= 0.6 is 11.6 Å². The third-order valence-electron chi connectivity index (χ3n) is 5.02. The fourth-order valence-corrected chi connectivity index (χ4v) is 3.52. The van der Waals surface area contributed by atoms with E-state index in [0.717, 1.165) is 0 Å². The lowest BCUT2D eigenvalue weighted by Gasteiger charge is -2.31. The van der Waals surface area contributed by atoms with Crippen LogP contribution in [0.25, 0.3) is 0 Å². The lowest BCUT2D eigenvalue weighted by Crippen LogP contribution is -2.48. The van der Waals surface area contributed by atoms with Gasteiger partial charge in [0.1, 0.15) is 0 Å². The molecule has 0 bridgehead atoms. The van der Waals surface area contributed by atoms with Gasteiger partial charge in [0.05, 0.1) is 17.2 Å². The highest BCUT2D eigenvalue weighted by Crippen LogP contribution is 2.42. The number of benzene rings is 2. The minimum absolute atomic E-state index is 0.329. The van der Waals surface area contributed by atoms with Crippen LogP contribution in [-0.4, -0.2) is 29.9 Å². The summed E-state index contributed by atoms with van der Waals surface area (Å²) in [5.74, 6) is 1.17. The molecule has 0 aliphatic carbocycles. The van der Waals surface area contributed by atoms with Gasteiger partial charge in [0.2, 0.25) is 5.60 Å². The average molecular weight is 413 g/mol. The number of hydrogen-bond acceptors (Lipinski definition) is 5. The third kappa shape index (κ3) is 4.29. The van der Waals surface area contributed by atoms with E-state index in [2.05, 4.69) is 11.3 Å². The second kappa shape index (κ2) is 9.13. The summed E-state index contributed by atoms with van der Waals surface area (Å²) in [6.07, 6.45) is -0.923. The molecular formula is C23H21ClO5. The molecule has 0 saturated carbocycles. The molecule has 1 aliphatic heterocycles. The third-order valence-corrected chi connectivity index (χ3v) is 5.12. The van der Waals surface area contributed by atoms with E-state index in [0.29, 0.717) is 17.5 Å². The first-order chi connectivity index (χ1) is 14.0. The topological polar surface area (TPSA) is 61.8 Å². The van der Waals surface area contributed by atoms with Crippen LogP contribution in [-0.2, 0) is 14.2 Å². The van der Waals surface area contributed by atoms with E-state index in [-0.39, 0.29) is 12.0 Å². The van der Waals surface area contributed by atoms with E-state index >= 15 is 0 Å². The van der Waals surface area contributed by atoms with Gasteiger partial charge in [-0.05, 0) is 48.2 Å². The Morgan fingerprint density at radius 2 is 1.59 bits per heavy atom. The Morgan fingerprint density at radius 3 is 2.10 bits per heavy atom. The van der Waals surface area contributed by atoms with Gasteiger partial charge in [-0.3, -0.25) is 0 Å². The second-order valence-electron chi connectivity index (χ2n) is 6.74. The maximum Gasteiger partial charge on any atom is 0.340 e. The molecule has 150 valence electrons. The van der Waals surface area contributed by atoms with Crippen LogP contribution in [0.15, 0.2) is 60.7 Å². The molecule has 29 heavy (non-hydrogen) atoms. The van der Waals surface area contributed by atoms with Crippen molar-refractivity contribution in [1.82, 2.24) is 0 Å². The molecule has 6 heteroatoms. The minimum Gasteiger partial charge on any atom is -0.435 e. The normalized spacial score (nSPS) is 25.6. The first kappa shape index (κ1) is 20.9. The summed E-state index contributed by atoms with van der Waals surface area (Å²) in [6.45, 7) is 3.77. The second-order valence-corrected chi connectivity index (χ2v) is 6.93. The molecular weight excluding hydrogens is 392 g/mol. The van der Waals surface area contributed by atoms with Crippen molar-refractivity contribution in [2.75, 3.05) is 0 Å². The highest BCUT2D eigenvalue weighted by Gasteiger charge is 2.59. The van der Waals surface area contributed by atoms with E-state index in [4.69, 9.17) is 25.8 Å². The molecule has 0 N–H and O–H groups in total. The zero-order chi connectivity index (χ0) is 20.9. The molecule has 0 radical (unpaired) electrons. The first-order valence-electron chi connectivity index (χ1n) is 9.34. The maximum absolute atomic E-state index is 12.8. The number of carbonyl (C=O) groups is 2. The van der Waals surface area contributed by atoms with Crippen LogP contribution in [0.1, 0.15) is 41.0 Å². The molecule has 5 nitrogen and oxygen atoms in total. The smallest absolute Gasteiger partial charge is 0.340 e. The minimum atomic E-state index is -1.53. The van der Waals surface area contributed by atoms with Crippen LogP contribution in [0.5, 0.6) is 0 Å². The molecule has 2 aromatic carbocycles. The summed E-state index contributed by atoms with van der Waals surface area (Å²) in [6, 6.07) is 17.0. The van der Waals surface area contributed by atoms with E-state index in [1.54, 1.807) is 60.7 Å². The van der Waals surface area contributed by atoms with Gasteiger partial charge in [-0.25, -0.2) is 9.59 Å². The van der Waals surface area contributed by atoms with Crippen LogP contribution in [0, 0.1) is 17.2 Å². The van der Waals surface area contributed by atoms with Crippen molar-refractivity contribution < 1.29 is 23.8 Å². The van der Waals surface area contributed by atoms with Gasteiger partial charge in [-0.2, -0.15) is 0 Å². The predicted octanol–water partition coefficient (Wildman–Crippen LogP) is 4.41. The number of ether oxygens (including phenoxy) is 3. The number of rotatable bonds is 5. The zero-order valence-corrected chi connectivity index (χ0v) is 16.9. The van der Waals surface area contributed by atoms with E-state index in [9.17, 15) is 9.59 Å². The van der Waals surface area contributed by atoms with E-state index in [1.807, 2.05) is 13.8 Å². The van der Waals surface area contributed by atoms with Crippen LogP contribution in [0.2, 0.25) is 0 Å². The van der Waals surface area contributed by atoms with Gasteiger partial charge in [0.15, 0.2) is 0 Å². The standard InChI is InChI=1S/C23H21ClO5/c1-3-19-16(2)23(14-15-24,29-21(26)18-12-8-5-9-13-18)22(27-19)28-20(25)17-10-6-4-7-11-17/h4-13,16,19,22H,3H2,1-2H3/t16-,19-,22?,23-/m1/s1. The Hall–Kier alpha value is -2.81. The molecule has 1 saturated heterocycles. The highest BCUT2D eigenvalue weighted by molar-refractivity contribution is 6.30. The molecule has 1 heterocycles. The van der Waals surface area contributed by atoms with Gasteiger partial charge in [0, 0.05) is 11.3 Å². The lowest BCUT2D eigenvalue weighted by molar-refractivity contribution is -0.156. The summed E-state index contributed by atoms with van der Waals surface area (Å²) >= 11 is 5.73. The highest BCUT2D eigenvalue weighted by atomic mass is 35.5. The number of halogens is 1. The molecule has 0 aromatic heterocycles. The van der Waals surface area contributed by atoms with E-state index in [1.165, 1.54) is 0 Å². The molecule has 1 aliphatic rings. The summed E-state index contributed by atoms with van der Waals surface area (Å²) in [4.78, 5) is 25.4. The predicted molar refractivity (Wildman–Crippen MR) is 108 cm³/mol. The zero-order valence-electron chi connectivity index (χ0n) is 16.1. The summed E-state index contributed by atoms with van der Waals surface area (Å²) in [5, 5.41) is 2.30. The molecule has 0 amide bonds.